The number of hydrogen-bond donors (Lipinski definition) is 1. The lowest BCUT2D eigenvalue weighted by Gasteiger charge is -2.04. The molecule has 1 heterocycles. The third kappa shape index (κ3) is 10.5. The van der Waals surface area contributed by atoms with Gasteiger partial charge in [0.1, 0.15) is 0 Å². The first-order chi connectivity index (χ1) is 10.2. The minimum Gasteiger partial charge on any atom is -0.478 e. The molecule has 1 rings (SSSR count). The normalized spacial score (nSPS) is 18.0. The summed E-state index contributed by atoms with van der Waals surface area (Å²) in [4.78, 5) is 11.1. The van der Waals surface area contributed by atoms with Gasteiger partial charge in [0.05, 0.1) is 12.7 Å². The lowest BCUT2D eigenvalue weighted by Crippen LogP contribution is -2.01. The van der Waals surface area contributed by atoms with Crippen LogP contribution in [0, 0.1) is 0 Å². The fraction of sp³-hybridized carbons (Fsp3) is 0.833. The molecule has 1 atom stereocenters. The molecule has 1 N–H and O–H groups in total. The Morgan fingerprint density at radius 2 is 1.57 bits per heavy atom. The van der Waals surface area contributed by atoms with Crippen molar-refractivity contribution in [3.05, 3.63) is 11.6 Å². The van der Waals surface area contributed by atoms with E-state index in [2.05, 4.69) is 6.92 Å². The van der Waals surface area contributed by atoms with E-state index in [0.29, 0.717) is 12.0 Å². The molecule has 0 bridgehead atoms. The Kier molecular flexibility index (Phi) is 10.2. The quantitative estimate of drug-likeness (QED) is 0.276. The van der Waals surface area contributed by atoms with Gasteiger partial charge in [0.25, 0.3) is 0 Å². The average Bonchev–Trinajstić information content (AvgIpc) is 3.28. The summed E-state index contributed by atoms with van der Waals surface area (Å²) in [6.07, 6.45) is 16.4. The van der Waals surface area contributed by atoms with Crippen LogP contribution in [0.25, 0.3) is 0 Å². The zero-order chi connectivity index (χ0) is 15.3. The molecule has 0 aliphatic carbocycles. The van der Waals surface area contributed by atoms with E-state index in [0.717, 1.165) is 25.9 Å². The van der Waals surface area contributed by atoms with Crippen molar-refractivity contribution in [3.63, 3.8) is 0 Å². The van der Waals surface area contributed by atoms with Crippen molar-refractivity contribution in [2.24, 2.45) is 0 Å². The second-order valence-electron chi connectivity index (χ2n) is 6.16. The highest BCUT2D eigenvalue weighted by Crippen LogP contribution is 2.18. The highest BCUT2D eigenvalue weighted by molar-refractivity contribution is 5.86. The number of epoxide rings is 1. The van der Waals surface area contributed by atoms with Crippen molar-refractivity contribution in [1.82, 2.24) is 0 Å². The molecule has 0 amide bonds. The largest absolute Gasteiger partial charge is 0.478 e. The minimum atomic E-state index is -0.758. The second kappa shape index (κ2) is 11.8. The van der Waals surface area contributed by atoms with E-state index in [1.165, 1.54) is 51.4 Å². The van der Waals surface area contributed by atoms with Crippen molar-refractivity contribution in [1.29, 1.82) is 0 Å². The van der Waals surface area contributed by atoms with Crippen LogP contribution in [0.5, 0.6) is 0 Å². The lowest BCUT2D eigenvalue weighted by atomic mass is 10.0. The van der Waals surface area contributed by atoms with Gasteiger partial charge in [-0.05, 0) is 19.3 Å². The fourth-order valence-corrected chi connectivity index (χ4v) is 2.58. The standard InChI is InChI=1S/C18H32O3/c1-2-3-4-5-6-7-8-9-10-11-12-16(18(19)20)13-14-17-15-21-17/h13,17H,2-12,14-15H2,1H3,(H,19,20). The van der Waals surface area contributed by atoms with Gasteiger partial charge in [-0.15, -0.1) is 0 Å². The third-order valence-corrected chi connectivity index (χ3v) is 4.10. The molecule has 1 aliphatic heterocycles. The summed E-state index contributed by atoms with van der Waals surface area (Å²) in [5.74, 6) is -0.758. The summed E-state index contributed by atoms with van der Waals surface area (Å²) >= 11 is 0. The molecule has 1 unspecified atom stereocenters. The van der Waals surface area contributed by atoms with Gasteiger partial charge in [-0.3, -0.25) is 0 Å². The van der Waals surface area contributed by atoms with Crippen LogP contribution < -0.4 is 0 Å². The Hall–Kier alpha value is -0.830. The second-order valence-corrected chi connectivity index (χ2v) is 6.16. The van der Waals surface area contributed by atoms with Gasteiger partial charge in [0, 0.05) is 5.57 Å². The molecule has 0 spiro atoms. The van der Waals surface area contributed by atoms with Gasteiger partial charge in [0.15, 0.2) is 0 Å². The highest BCUT2D eigenvalue weighted by atomic mass is 16.6. The fourth-order valence-electron chi connectivity index (χ4n) is 2.58. The number of rotatable bonds is 14. The zero-order valence-electron chi connectivity index (χ0n) is 13.6. The van der Waals surface area contributed by atoms with E-state index in [9.17, 15) is 4.79 Å². The van der Waals surface area contributed by atoms with E-state index in [1.807, 2.05) is 6.08 Å². The van der Waals surface area contributed by atoms with Gasteiger partial charge in [0.2, 0.25) is 0 Å². The summed E-state index contributed by atoms with van der Waals surface area (Å²) in [5.41, 5.74) is 0.574. The molecule has 0 saturated carbocycles. The van der Waals surface area contributed by atoms with E-state index < -0.39 is 5.97 Å². The first-order valence-corrected chi connectivity index (χ1v) is 8.78. The highest BCUT2D eigenvalue weighted by Gasteiger charge is 2.21. The van der Waals surface area contributed by atoms with Crippen LogP contribution in [0.3, 0.4) is 0 Å². The maximum absolute atomic E-state index is 11.1. The number of carboxylic acids is 1. The van der Waals surface area contributed by atoms with Crippen LogP contribution in [0.2, 0.25) is 0 Å². The summed E-state index contributed by atoms with van der Waals surface area (Å²) in [7, 11) is 0. The number of unbranched alkanes of at least 4 members (excludes halogenated alkanes) is 9. The number of ether oxygens (including phenoxy) is 1. The summed E-state index contributed by atoms with van der Waals surface area (Å²) in [5, 5.41) is 9.14. The average molecular weight is 296 g/mol. The van der Waals surface area contributed by atoms with E-state index in [4.69, 9.17) is 9.84 Å². The molecule has 122 valence electrons. The van der Waals surface area contributed by atoms with Crippen LogP contribution >= 0.6 is 0 Å². The molecule has 0 aromatic rings. The third-order valence-electron chi connectivity index (χ3n) is 4.10. The van der Waals surface area contributed by atoms with Gasteiger partial charge < -0.3 is 9.84 Å². The SMILES string of the molecule is CCCCCCCCCCCCC(=CCC1CO1)C(=O)O. The maximum atomic E-state index is 11.1. The Morgan fingerprint density at radius 3 is 2.05 bits per heavy atom. The van der Waals surface area contributed by atoms with Crippen LogP contribution in [0.1, 0.15) is 84.0 Å². The number of hydrogen-bond acceptors (Lipinski definition) is 2. The van der Waals surface area contributed by atoms with Crippen molar-refractivity contribution >= 4 is 5.97 Å². The molecule has 1 aliphatic rings. The molecule has 21 heavy (non-hydrogen) atoms. The molecular formula is C18H32O3. The predicted octanol–water partition coefficient (Wildman–Crippen LogP) is 5.10. The predicted molar refractivity (Wildman–Crippen MR) is 86.5 cm³/mol. The molecule has 1 fully saturated rings. The molecule has 3 heteroatoms. The molecule has 0 radical (unpaired) electrons. The maximum Gasteiger partial charge on any atom is 0.331 e. The minimum absolute atomic E-state index is 0.284. The van der Waals surface area contributed by atoms with Crippen molar-refractivity contribution < 1.29 is 14.6 Å². The molecule has 1 saturated heterocycles. The molecule has 3 nitrogen and oxygen atoms in total. The van der Waals surface area contributed by atoms with E-state index >= 15 is 0 Å². The Labute approximate surface area is 129 Å². The summed E-state index contributed by atoms with van der Waals surface area (Å²) in [6.45, 7) is 3.04. The monoisotopic (exact) mass is 296 g/mol. The van der Waals surface area contributed by atoms with Gasteiger partial charge in [-0.1, -0.05) is 70.8 Å². The molecular weight excluding hydrogens is 264 g/mol. The molecule has 0 aromatic heterocycles. The van der Waals surface area contributed by atoms with Crippen LogP contribution in [-0.2, 0) is 9.53 Å². The van der Waals surface area contributed by atoms with Gasteiger partial charge >= 0.3 is 5.97 Å². The Morgan fingerprint density at radius 1 is 1.05 bits per heavy atom. The molecule has 0 aromatic carbocycles. The van der Waals surface area contributed by atoms with E-state index in [-0.39, 0.29) is 6.10 Å². The van der Waals surface area contributed by atoms with Crippen molar-refractivity contribution in [2.75, 3.05) is 6.61 Å². The summed E-state index contributed by atoms with van der Waals surface area (Å²) in [6, 6.07) is 0. The van der Waals surface area contributed by atoms with Crippen LogP contribution in [0.15, 0.2) is 11.6 Å². The Bertz CT molecular complexity index is 306. The number of carboxylic acid groups (broad SMARTS) is 1. The van der Waals surface area contributed by atoms with Gasteiger partial charge in [-0.25, -0.2) is 4.79 Å². The Balaban J connectivity index is 1.93. The van der Waals surface area contributed by atoms with Crippen molar-refractivity contribution in [2.45, 2.75) is 90.1 Å². The van der Waals surface area contributed by atoms with Crippen LogP contribution in [-0.4, -0.2) is 23.8 Å². The smallest absolute Gasteiger partial charge is 0.331 e. The zero-order valence-corrected chi connectivity index (χ0v) is 13.6. The first kappa shape index (κ1) is 18.2. The number of carbonyl (C=O) groups is 1. The lowest BCUT2D eigenvalue weighted by molar-refractivity contribution is -0.132. The topological polar surface area (TPSA) is 49.8 Å². The number of aliphatic carboxylic acids is 1. The first-order valence-electron chi connectivity index (χ1n) is 8.78. The van der Waals surface area contributed by atoms with Crippen LogP contribution in [0.4, 0.5) is 0 Å². The van der Waals surface area contributed by atoms with Gasteiger partial charge in [-0.2, -0.15) is 0 Å². The van der Waals surface area contributed by atoms with E-state index in [1.54, 1.807) is 0 Å². The van der Waals surface area contributed by atoms with Crippen molar-refractivity contribution in [3.8, 4) is 0 Å². The summed E-state index contributed by atoms with van der Waals surface area (Å²) < 4.78 is 5.11.